The first-order valence-electron chi connectivity index (χ1n) is 11.0. The number of anilines is 3. The molecule has 2 aliphatic heterocycles. The third-order valence-electron chi connectivity index (χ3n) is 6.13. The van der Waals surface area contributed by atoms with Crippen LogP contribution in [0.25, 0.3) is 0 Å². The van der Waals surface area contributed by atoms with Crippen LogP contribution in [0, 0.1) is 0 Å². The van der Waals surface area contributed by atoms with Gasteiger partial charge in [0.15, 0.2) is 0 Å². The zero-order valence-electron chi connectivity index (χ0n) is 18.3. The Hall–Kier alpha value is -2.57. The van der Waals surface area contributed by atoms with Crippen LogP contribution >= 0.6 is 0 Å². The minimum Gasteiger partial charge on any atom is -0.362 e. The number of amides is 1. The van der Waals surface area contributed by atoms with E-state index in [1.165, 1.54) is 5.69 Å². The molecule has 1 fully saturated rings. The molecule has 0 radical (unpaired) electrons. The largest absolute Gasteiger partial charge is 0.362 e. The number of likely N-dealkylation sites (N-methyl/N-ethyl adjacent to an activating group) is 1. The average Bonchev–Trinajstić information content (AvgIpc) is 3.12. The molecule has 0 spiro atoms. The van der Waals surface area contributed by atoms with Gasteiger partial charge in [0.1, 0.15) is 6.17 Å². The van der Waals surface area contributed by atoms with E-state index in [2.05, 4.69) is 58.2 Å². The molecule has 30 heavy (non-hydrogen) atoms. The highest BCUT2D eigenvalue weighted by Crippen LogP contribution is 2.38. The van der Waals surface area contributed by atoms with Gasteiger partial charge in [0.2, 0.25) is 0 Å². The van der Waals surface area contributed by atoms with Crippen LogP contribution in [0.4, 0.5) is 17.1 Å². The van der Waals surface area contributed by atoms with E-state index >= 15 is 0 Å². The predicted molar refractivity (Wildman–Crippen MR) is 124 cm³/mol. The van der Waals surface area contributed by atoms with Gasteiger partial charge in [0.25, 0.3) is 5.91 Å². The summed E-state index contributed by atoms with van der Waals surface area (Å²) in [5, 5.41) is 6.74. The lowest BCUT2D eigenvalue weighted by molar-refractivity contribution is 0.102. The lowest BCUT2D eigenvalue weighted by atomic mass is 10.2. The van der Waals surface area contributed by atoms with Gasteiger partial charge < -0.3 is 20.4 Å². The molecule has 2 N–H and O–H groups in total. The van der Waals surface area contributed by atoms with E-state index in [0.29, 0.717) is 11.6 Å². The van der Waals surface area contributed by atoms with Gasteiger partial charge in [-0.15, -0.1) is 0 Å². The number of hydrogen-bond donors (Lipinski definition) is 2. The van der Waals surface area contributed by atoms with E-state index in [0.717, 1.165) is 50.6 Å². The number of nitrogens with one attached hydrogen (secondary N) is 2. The first-order valence-corrected chi connectivity index (χ1v) is 11.0. The molecule has 2 heterocycles. The van der Waals surface area contributed by atoms with Crippen LogP contribution in [-0.2, 0) is 0 Å². The number of carbonyl (C=O) groups excluding carboxylic acids is 1. The monoisotopic (exact) mass is 407 g/mol. The average molecular weight is 408 g/mol. The van der Waals surface area contributed by atoms with Crippen molar-refractivity contribution in [3.05, 3.63) is 54.1 Å². The number of benzene rings is 2. The zero-order chi connectivity index (χ0) is 21.1. The van der Waals surface area contributed by atoms with E-state index in [1.807, 2.05) is 36.4 Å². The van der Waals surface area contributed by atoms with Crippen LogP contribution in [0.15, 0.2) is 48.5 Å². The van der Waals surface area contributed by atoms with Gasteiger partial charge in [-0.1, -0.05) is 25.1 Å². The molecule has 1 saturated heterocycles. The van der Waals surface area contributed by atoms with Gasteiger partial charge in [-0.3, -0.25) is 9.69 Å². The molecule has 1 amide bonds. The second-order valence-electron chi connectivity index (χ2n) is 8.45. The molecule has 160 valence electrons. The molecule has 0 aromatic heterocycles. The summed E-state index contributed by atoms with van der Waals surface area (Å²) in [7, 11) is 0. The summed E-state index contributed by atoms with van der Waals surface area (Å²) in [5.41, 5.74) is 3.78. The van der Waals surface area contributed by atoms with Gasteiger partial charge in [-0.25, -0.2) is 0 Å². The van der Waals surface area contributed by atoms with Crippen molar-refractivity contribution >= 4 is 23.0 Å². The first kappa shape index (κ1) is 20.7. The quantitative estimate of drug-likeness (QED) is 0.767. The number of nitrogens with zero attached hydrogens (tertiary/aromatic N) is 3. The van der Waals surface area contributed by atoms with Crippen molar-refractivity contribution < 1.29 is 4.79 Å². The van der Waals surface area contributed by atoms with Crippen LogP contribution in [0.1, 0.15) is 31.1 Å². The summed E-state index contributed by atoms with van der Waals surface area (Å²) in [4.78, 5) is 20.0. The summed E-state index contributed by atoms with van der Waals surface area (Å²) in [5.74, 6) is -0.0837. The molecule has 0 aliphatic carbocycles. The Morgan fingerprint density at radius 3 is 2.43 bits per heavy atom. The Labute approximate surface area is 179 Å². The van der Waals surface area contributed by atoms with Crippen molar-refractivity contribution in [1.29, 1.82) is 0 Å². The van der Waals surface area contributed by atoms with Gasteiger partial charge >= 0.3 is 0 Å². The van der Waals surface area contributed by atoms with E-state index < -0.39 is 0 Å². The maximum absolute atomic E-state index is 12.5. The van der Waals surface area contributed by atoms with Crippen LogP contribution in [-0.4, -0.2) is 67.2 Å². The molecule has 1 unspecified atom stereocenters. The number of fused-ring (bicyclic) bond motifs is 1. The Morgan fingerprint density at radius 2 is 1.77 bits per heavy atom. The molecule has 6 nitrogen and oxygen atoms in total. The van der Waals surface area contributed by atoms with Gasteiger partial charge in [0.05, 0.1) is 11.4 Å². The molecule has 0 bridgehead atoms. The van der Waals surface area contributed by atoms with Crippen molar-refractivity contribution in [1.82, 2.24) is 9.80 Å². The minimum absolute atomic E-state index is 0.0837. The topological polar surface area (TPSA) is 50.9 Å². The van der Waals surface area contributed by atoms with E-state index in [1.54, 1.807) is 0 Å². The smallest absolute Gasteiger partial charge is 0.255 e. The second-order valence-corrected chi connectivity index (χ2v) is 8.45. The van der Waals surface area contributed by atoms with Crippen molar-refractivity contribution in [2.24, 2.45) is 0 Å². The fraction of sp³-hybridized carbons (Fsp3) is 0.458. The highest BCUT2D eigenvalue weighted by atomic mass is 16.1. The van der Waals surface area contributed by atoms with E-state index in [-0.39, 0.29) is 12.1 Å². The van der Waals surface area contributed by atoms with E-state index in [4.69, 9.17) is 0 Å². The summed E-state index contributed by atoms with van der Waals surface area (Å²) in [6.07, 6.45) is 0.244. The minimum atomic E-state index is -0.0837. The first-order chi connectivity index (χ1) is 14.5. The summed E-state index contributed by atoms with van der Waals surface area (Å²) < 4.78 is 0. The van der Waals surface area contributed by atoms with Gasteiger partial charge in [-0.05, 0) is 50.7 Å². The van der Waals surface area contributed by atoms with Crippen molar-refractivity contribution in [3.63, 3.8) is 0 Å². The summed E-state index contributed by atoms with van der Waals surface area (Å²) in [6, 6.07) is 15.9. The molecular weight excluding hydrogens is 374 g/mol. The predicted octanol–water partition coefficient (Wildman–Crippen LogP) is 3.54. The SMILES string of the molecule is CCN1CCN(CC2Nc3cc(NC(=O)c4ccccc4)ccc3N2C(C)C)CC1. The highest BCUT2D eigenvalue weighted by Gasteiger charge is 2.32. The Bertz CT molecular complexity index is 861. The fourth-order valence-electron chi connectivity index (χ4n) is 4.47. The Morgan fingerprint density at radius 1 is 1.07 bits per heavy atom. The van der Waals surface area contributed by atoms with Crippen LogP contribution in [0.2, 0.25) is 0 Å². The van der Waals surface area contributed by atoms with Gasteiger partial charge in [0, 0.05) is 50.0 Å². The molecule has 4 rings (SSSR count). The molecule has 2 aliphatic rings. The summed E-state index contributed by atoms with van der Waals surface area (Å²) >= 11 is 0. The maximum atomic E-state index is 12.5. The Balaban J connectivity index is 1.45. The molecular formula is C24H33N5O. The number of piperazine rings is 1. The van der Waals surface area contributed by atoms with Crippen molar-refractivity contribution in [2.75, 3.05) is 54.8 Å². The summed E-state index contributed by atoms with van der Waals surface area (Å²) in [6.45, 7) is 13.4. The highest BCUT2D eigenvalue weighted by molar-refractivity contribution is 6.04. The van der Waals surface area contributed by atoms with Crippen LogP contribution in [0.5, 0.6) is 0 Å². The molecule has 2 aromatic carbocycles. The molecule has 6 heteroatoms. The molecule has 0 saturated carbocycles. The van der Waals surface area contributed by atoms with Crippen molar-refractivity contribution in [3.8, 4) is 0 Å². The third-order valence-corrected chi connectivity index (χ3v) is 6.13. The third kappa shape index (κ3) is 4.45. The van der Waals surface area contributed by atoms with Gasteiger partial charge in [-0.2, -0.15) is 0 Å². The zero-order valence-corrected chi connectivity index (χ0v) is 18.3. The Kier molecular flexibility index (Phi) is 6.25. The number of hydrogen-bond acceptors (Lipinski definition) is 5. The van der Waals surface area contributed by atoms with E-state index in [9.17, 15) is 4.79 Å². The lowest BCUT2D eigenvalue weighted by Crippen LogP contribution is -2.53. The second kappa shape index (κ2) is 9.06. The number of carbonyl (C=O) groups is 1. The lowest BCUT2D eigenvalue weighted by Gasteiger charge is -2.38. The molecule has 1 atom stereocenters. The molecule has 2 aromatic rings. The number of rotatable bonds is 6. The van der Waals surface area contributed by atoms with Crippen LogP contribution < -0.4 is 15.5 Å². The standard InChI is InChI=1S/C24H33N5O/c1-4-27-12-14-28(15-13-27)17-23-26-21-16-20(10-11-22(21)29(23)18(2)3)25-24(30)19-8-6-5-7-9-19/h5-11,16,18,23,26H,4,12-15,17H2,1-3H3,(H,25,30). The maximum Gasteiger partial charge on any atom is 0.255 e. The fourth-order valence-corrected chi connectivity index (χ4v) is 4.47. The van der Waals surface area contributed by atoms with Crippen molar-refractivity contribution in [2.45, 2.75) is 33.0 Å². The normalized spacial score (nSPS) is 19.6. The van der Waals surface area contributed by atoms with Crippen LogP contribution in [0.3, 0.4) is 0 Å².